The van der Waals surface area contributed by atoms with Gasteiger partial charge < -0.3 is 9.30 Å². The zero-order valence-corrected chi connectivity index (χ0v) is 20.6. The molecule has 0 unspecified atom stereocenters. The van der Waals surface area contributed by atoms with Crippen molar-refractivity contribution in [2.75, 3.05) is 13.1 Å². The fourth-order valence-corrected chi connectivity index (χ4v) is 5.19. The van der Waals surface area contributed by atoms with Crippen molar-refractivity contribution in [3.8, 4) is 17.0 Å². The molecule has 2 aromatic rings. The van der Waals surface area contributed by atoms with Gasteiger partial charge in [-0.25, -0.2) is 9.80 Å². The molecule has 0 radical (unpaired) electrons. The summed E-state index contributed by atoms with van der Waals surface area (Å²) in [5.74, 6) is 0.327. The summed E-state index contributed by atoms with van der Waals surface area (Å²) in [5.41, 5.74) is 0.297. The number of aromatic nitrogens is 1. The minimum atomic E-state index is -4.96. The number of hydrazine groups is 1. The summed E-state index contributed by atoms with van der Waals surface area (Å²) in [6.07, 6.45) is -2.77. The molecule has 0 bridgehead atoms. The zero-order valence-electron chi connectivity index (χ0n) is 20.6. The lowest BCUT2D eigenvalue weighted by atomic mass is 9.89. The topological polar surface area (TPSA) is 46.5 Å². The summed E-state index contributed by atoms with van der Waals surface area (Å²) in [4.78, 5) is 12.6. The second kappa shape index (κ2) is 11.0. The fraction of sp³-hybridized carbons (Fsp3) is 0.577. The van der Waals surface area contributed by atoms with Gasteiger partial charge in [-0.05, 0) is 62.3 Å². The van der Waals surface area contributed by atoms with Crippen molar-refractivity contribution in [1.29, 1.82) is 0 Å². The van der Waals surface area contributed by atoms with Gasteiger partial charge in [0.05, 0.1) is 22.5 Å². The summed E-state index contributed by atoms with van der Waals surface area (Å²) in [5, 5.41) is 1.74. The van der Waals surface area contributed by atoms with Gasteiger partial charge >= 0.3 is 18.4 Å². The third kappa shape index (κ3) is 6.80. The van der Waals surface area contributed by atoms with E-state index in [-0.39, 0.29) is 29.0 Å². The number of benzene rings is 1. The minimum absolute atomic E-state index is 0.103. The monoisotopic (exact) mass is 531 g/mol. The van der Waals surface area contributed by atoms with Gasteiger partial charge in [-0.15, -0.1) is 0 Å². The smallest absolute Gasteiger partial charge is 0.407 e. The molecule has 1 saturated heterocycles. The number of hydrogen-bond acceptors (Lipinski definition) is 3. The molecule has 1 saturated carbocycles. The van der Waals surface area contributed by atoms with E-state index in [9.17, 15) is 31.1 Å². The molecule has 0 atom stereocenters. The first-order chi connectivity index (χ1) is 17.4. The number of alkyl halides is 6. The molecule has 1 N–H and O–H groups in total. The Morgan fingerprint density at radius 1 is 0.892 bits per heavy atom. The standard InChI is InChI=1S/C26H31F6N3O2/c1-17-23(37-24(36)33-34-10-6-3-7-11-34)15-22(35(17)16-18-8-4-2-5-9-18)19-12-20(25(27,28)29)14-21(13-19)26(30,31)32/h12-15,18H,2-11,16H2,1H3,(H,33,36). The van der Waals surface area contributed by atoms with Crippen molar-refractivity contribution in [3.63, 3.8) is 0 Å². The first-order valence-electron chi connectivity index (χ1n) is 12.6. The van der Waals surface area contributed by atoms with Crippen LogP contribution >= 0.6 is 0 Å². The Morgan fingerprint density at radius 2 is 1.46 bits per heavy atom. The lowest BCUT2D eigenvalue weighted by Crippen LogP contribution is -2.46. The number of rotatable bonds is 5. The quantitative estimate of drug-likeness (QED) is 0.405. The molecule has 1 aromatic carbocycles. The van der Waals surface area contributed by atoms with Crippen LogP contribution in [-0.2, 0) is 18.9 Å². The van der Waals surface area contributed by atoms with Crippen LogP contribution in [0.3, 0.4) is 0 Å². The molecule has 0 spiro atoms. The number of nitrogens with one attached hydrogen (secondary N) is 1. The largest absolute Gasteiger partial charge is 0.427 e. The van der Waals surface area contributed by atoms with Crippen molar-refractivity contribution < 1.29 is 35.9 Å². The lowest BCUT2D eigenvalue weighted by Gasteiger charge is -2.26. The number of amides is 1. The van der Waals surface area contributed by atoms with Crippen LogP contribution in [0, 0.1) is 12.8 Å². The molecule has 1 aliphatic heterocycles. The van der Waals surface area contributed by atoms with Crippen LogP contribution in [0.25, 0.3) is 11.3 Å². The van der Waals surface area contributed by atoms with E-state index in [1.54, 1.807) is 16.5 Å². The number of carbonyl (C=O) groups is 1. The first-order valence-corrected chi connectivity index (χ1v) is 12.6. The summed E-state index contributed by atoms with van der Waals surface area (Å²) < 4.78 is 88.5. The van der Waals surface area contributed by atoms with Gasteiger partial charge in [-0.3, -0.25) is 5.43 Å². The van der Waals surface area contributed by atoms with Crippen LogP contribution in [0.15, 0.2) is 24.3 Å². The molecule has 2 fully saturated rings. The van der Waals surface area contributed by atoms with Crippen molar-refractivity contribution in [1.82, 2.24) is 15.0 Å². The molecule has 11 heteroatoms. The second-order valence-corrected chi connectivity index (χ2v) is 9.94. The van der Waals surface area contributed by atoms with Gasteiger partial charge in [0.25, 0.3) is 0 Å². The van der Waals surface area contributed by atoms with E-state index in [1.165, 1.54) is 6.07 Å². The predicted molar refractivity (Wildman–Crippen MR) is 126 cm³/mol. The van der Waals surface area contributed by atoms with E-state index in [2.05, 4.69) is 5.43 Å². The van der Waals surface area contributed by atoms with Crippen LogP contribution in [0.1, 0.15) is 68.2 Å². The number of halogens is 6. The molecule has 2 aliphatic rings. The van der Waals surface area contributed by atoms with E-state index in [4.69, 9.17) is 4.74 Å². The third-order valence-corrected chi connectivity index (χ3v) is 7.18. The number of hydrogen-bond donors (Lipinski definition) is 1. The van der Waals surface area contributed by atoms with Gasteiger partial charge in [-0.1, -0.05) is 25.7 Å². The van der Waals surface area contributed by atoms with Gasteiger partial charge in [0.15, 0.2) is 5.75 Å². The molecule has 1 amide bonds. The fourth-order valence-electron chi connectivity index (χ4n) is 5.19. The van der Waals surface area contributed by atoms with E-state index < -0.39 is 29.6 Å². The van der Waals surface area contributed by atoms with E-state index in [1.807, 2.05) is 0 Å². The SMILES string of the molecule is Cc1c(OC(=O)NN2CCCCC2)cc(-c2cc(C(F)(F)F)cc(C(F)(F)F)c2)n1CC1CCCCC1. The maximum atomic E-state index is 13.5. The maximum Gasteiger partial charge on any atom is 0.427 e. The molecular formula is C26H31F6N3O2. The highest BCUT2D eigenvalue weighted by molar-refractivity contribution is 5.73. The predicted octanol–water partition coefficient (Wildman–Crippen LogP) is 7.57. The van der Waals surface area contributed by atoms with E-state index in [0.717, 1.165) is 63.5 Å². The minimum Gasteiger partial charge on any atom is -0.407 e. The van der Waals surface area contributed by atoms with Gasteiger partial charge in [0.1, 0.15) is 0 Å². The molecule has 1 aliphatic carbocycles. The van der Waals surface area contributed by atoms with Crippen molar-refractivity contribution >= 4 is 6.09 Å². The molecule has 37 heavy (non-hydrogen) atoms. The Morgan fingerprint density at radius 3 is 2.03 bits per heavy atom. The van der Waals surface area contributed by atoms with E-state index >= 15 is 0 Å². The summed E-state index contributed by atoms with van der Waals surface area (Å²) in [6.45, 7) is 3.42. The molecule has 2 heterocycles. The van der Waals surface area contributed by atoms with Gasteiger partial charge in [0, 0.05) is 25.7 Å². The highest BCUT2D eigenvalue weighted by atomic mass is 19.4. The van der Waals surface area contributed by atoms with Crippen LogP contribution in [0.2, 0.25) is 0 Å². The van der Waals surface area contributed by atoms with Gasteiger partial charge in [0.2, 0.25) is 0 Å². The van der Waals surface area contributed by atoms with Crippen LogP contribution in [0.4, 0.5) is 31.1 Å². The van der Waals surface area contributed by atoms with Crippen LogP contribution < -0.4 is 10.2 Å². The second-order valence-electron chi connectivity index (χ2n) is 9.94. The van der Waals surface area contributed by atoms with Crippen molar-refractivity contribution in [3.05, 3.63) is 41.1 Å². The number of nitrogens with zero attached hydrogens (tertiary/aromatic N) is 2. The van der Waals surface area contributed by atoms with Crippen LogP contribution in [0.5, 0.6) is 5.75 Å². The zero-order chi connectivity index (χ0) is 26.8. The third-order valence-electron chi connectivity index (χ3n) is 7.18. The average Bonchev–Trinajstić information content (AvgIpc) is 3.14. The summed E-state index contributed by atoms with van der Waals surface area (Å²) in [6, 6.07) is 2.93. The molecule has 5 nitrogen and oxygen atoms in total. The summed E-state index contributed by atoms with van der Waals surface area (Å²) in [7, 11) is 0. The Bertz CT molecular complexity index is 1060. The normalized spacial score (nSPS) is 18.1. The number of piperidine rings is 1. The maximum absolute atomic E-state index is 13.5. The molecule has 1 aromatic heterocycles. The van der Waals surface area contributed by atoms with Crippen molar-refractivity contribution in [2.45, 2.75) is 77.2 Å². The Kier molecular flexibility index (Phi) is 8.11. The summed E-state index contributed by atoms with van der Waals surface area (Å²) >= 11 is 0. The van der Waals surface area contributed by atoms with Crippen molar-refractivity contribution in [2.24, 2.45) is 5.92 Å². The Balaban J connectivity index is 1.72. The van der Waals surface area contributed by atoms with E-state index in [0.29, 0.717) is 25.3 Å². The molecular weight excluding hydrogens is 500 g/mol. The molecule has 4 rings (SSSR count). The average molecular weight is 532 g/mol. The first kappa shape index (κ1) is 27.3. The number of carbonyl (C=O) groups excluding carboxylic acids is 1. The highest BCUT2D eigenvalue weighted by Gasteiger charge is 2.37. The Hall–Kier alpha value is -2.69. The lowest BCUT2D eigenvalue weighted by molar-refractivity contribution is -0.143. The molecule has 204 valence electrons. The van der Waals surface area contributed by atoms with Gasteiger partial charge in [-0.2, -0.15) is 26.3 Å². The van der Waals surface area contributed by atoms with Crippen LogP contribution in [-0.4, -0.2) is 28.8 Å². The highest BCUT2D eigenvalue weighted by Crippen LogP contribution is 2.41. The number of ether oxygens (including phenoxy) is 1. The Labute approximate surface area is 211 Å².